The van der Waals surface area contributed by atoms with E-state index in [2.05, 4.69) is 23.9 Å². The fraction of sp³-hybridized carbons (Fsp3) is 0.588. The number of carbonyl (C=O) groups excluding carboxylic acids is 1. The second-order valence-electron chi connectivity index (χ2n) is 7.22. The zero-order chi connectivity index (χ0) is 17.3. The van der Waals surface area contributed by atoms with Gasteiger partial charge in [-0.3, -0.25) is 4.79 Å². The van der Waals surface area contributed by atoms with Gasteiger partial charge < -0.3 is 5.32 Å². The minimum atomic E-state index is -3.59. The summed E-state index contributed by atoms with van der Waals surface area (Å²) in [6, 6.07) is 6.70. The molecule has 128 valence electrons. The summed E-state index contributed by atoms with van der Waals surface area (Å²) < 4.78 is 27.9. The number of rotatable bonds is 5. The summed E-state index contributed by atoms with van der Waals surface area (Å²) in [5, 5.41) is 2.84. The van der Waals surface area contributed by atoms with E-state index in [4.69, 9.17) is 0 Å². The monoisotopic (exact) mass is 338 g/mol. The highest BCUT2D eigenvalue weighted by Gasteiger charge is 2.37. The summed E-state index contributed by atoms with van der Waals surface area (Å²) in [7, 11) is -3.59. The highest BCUT2D eigenvalue weighted by atomic mass is 32.2. The molecule has 1 fully saturated rings. The van der Waals surface area contributed by atoms with Crippen molar-refractivity contribution in [1.82, 2.24) is 10.0 Å². The molecule has 2 rings (SSSR count). The van der Waals surface area contributed by atoms with Crippen LogP contribution < -0.4 is 10.0 Å². The highest BCUT2D eigenvalue weighted by molar-refractivity contribution is 7.89. The average molecular weight is 338 g/mol. The second kappa shape index (κ2) is 6.61. The molecule has 6 heteroatoms. The topological polar surface area (TPSA) is 75.3 Å². The molecule has 0 saturated carbocycles. The first-order valence-electron chi connectivity index (χ1n) is 8.02. The van der Waals surface area contributed by atoms with E-state index in [0.29, 0.717) is 18.8 Å². The van der Waals surface area contributed by atoms with E-state index in [0.717, 1.165) is 12.0 Å². The van der Waals surface area contributed by atoms with E-state index in [1.165, 1.54) is 0 Å². The molecular weight excluding hydrogens is 312 g/mol. The van der Waals surface area contributed by atoms with Crippen molar-refractivity contribution in [1.29, 1.82) is 0 Å². The molecule has 23 heavy (non-hydrogen) atoms. The summed E-state index contributed by atoms with van der Waals surface area (Å²) in [5.41, 5.74) is 0.532. The molecule has 1 saturated heterocycles. The molecule has 5 nitrogen and oxygen atoms in total. The standard InChI is InChI=1S/C17H26N2O3S/c1-12(2)11-13-5-7-14(8-6-13)23(21,22)19-15-9-10-16(20)18-17(15,3)4/h5-8,12,15,19H,9-11H2,1-4H3,(H,18,20). The minimum Gasteiger partial charge on any atom is -0.350 e. The molecule has 0 bridgehead atoms. The lowest BCUT2D eigenvalue weighted by molar-refractivity contribution is -0.125. The van der Waals surface area contributed by atoms with Crippen molar-refractivity contribution in [3.05, 3.63) is 29.8 Å². The SMILES string of the molecule is CC(C)Cc1ccc(S(=O)(=O)NC2CCC(=O)NC2(C)C)cc1. The summed E-state index contributed by atoms with van der Waals surface area (Å²) in [6.07, 6.45) is 1.77. The van der Waals surface area contributed by atoms with Gasteiger partial charge in [-0.15, -0.1) is 0 Å². The fourth-order valence-electron chi connectivity index (χ4n) is 2.88. The molecule has 1 amide bonds. The van der Waals surface area contributed by atoms with Crippen molar-refractivity contribution in [2.45, 2.75) is 63.4 Å². The van der Waals surface area contributed by atoms with Crippen LogP contribution in [0.1, 0.15) is 46.1 Å². The number of hydrogen-bond acceptors (Lipinski definition) is 3. The summed E-state index contributed by atoms with van der Waals surface area (Å²) >= 11 is 0. The van der Waals surface area contributed by atoms with E-state index >= 15 is 0 Å². The van der Waals surface area contributed by atoms with Gasteiger partial charge in [0.1, 0.15) is 0 Å². The maximum Gasteiger partial charge on any atom is 0.240 e. The molecule has 1 aliphatic rings. The van der Waals surface area contributed by atoms with E-state index in [1.807, 2.05) is 26.0 Å². The van der Waals surface area contributed by atoms with Crippen molar-refractivity contribution >= 4 is 15.9 Å². The molecule has 1 unspecified atom stereocenters. The van der Waals surface area contributed by atoms with E-state index < -0.39 is 15.6 Å². The molecule has 1 aromatic rings. The van der Waals surface area contributed by atoms with Crippen molar-refractivity contribution in [2.24, 2.45) is 5.92 Å². The predicted molar refractivity (Wildman–Crippen MR) is 90.5 cm³/mol. The van der Waals surface area contributed by atoms with E-state index in [1.54, 1.807) is 12.1 Å². The smallest absolute Gasteiger partial charge is 0.240 e. The van der Waals surface area contributed by atoms with Gasteiger partial charge >= 0.3 is 0 Å². The Morgan fingerprint density at radius 1 is 1.26 bits per heavy atom. The Morgan fingerprint density at radius 2 is 1.87 bits per heavy atom. The molecule has 1 aromatic carbocycles. The molecular formula is C17H26N2O3S. The molecule has 0 aromatic heterocycles. The summed E-state index contributed by atoms with van der Waals surface area (Å²) in [4.78, 5) is 11.8. The fourth-order valence-corrected chi connectivity index (χ4v) is 4.30. The lowest BCUT2D eigenvalue weighted by atomic mass is 9.88. The number of sulfonamides is 1. The maximum atomic E-state index is 12.6. The van der Waals surface area contributed by atoms with Gasteiger partial charge in [0.25, 0.3) is 0 Å². The lowest BCUT2D eigenvalue weighted by Gasteiger charge is -2.39. The van der Waals surface area contributed by atoms with E-state index in [9.17, 15) is 13.2 Å². The Morgan fingerprint density at radius 3 is 2.39 bits per heavy atom. The van der Waals surface area contributed by atoms with Gasteiger partial charge in [0.2, 0.25) is 15.9 Å². The molecule has 1 heterocycles. The third kappa shape index (κ3) is 4.54. The Balaban J connectivity index is 2.14. The zero-order valence-electron chi connectivity index (χ0n) is 14.2. The normalized spacial score (nSPS) is 21.3. The van der Waals surface area contributed by atoms with Gasteiger partial charge in [0.05, 0.1) is 10.4 Å². The van der Waals surface area contributed by atoms with Crippen LogP contribution in [0.25, 0.3) is 0 Å². The van der Waals surface area contributed by atoms with Gasteiger partial charge in [0, 0.05) is 12.5 Å². The molecule has 2 N–H and O–H groups in total. The summed E-state index contributed by atoms with van der Waals surface area (Å²) in [5.74, 6) is 0.491. The van der Waals surface area contributed by atoms with Gasteiger partial charge in [0.15, 0.2) is 0 Å². The second-order valence-corrected chi connectivity index (χ2v) is 8.94. The third-order valence-corrected chi connectivity index (χ3v) is 5.66. The lowest BCUT2D eigenvalue weighted by Crippen LogP contribution is -2.61. The van der Waals surface area contributed by atoms with Crippen LogP contribution >= 0.6 is 0 Å². The average Bonchev–Trinajstić information content (AvgIpc) is 2.41. The predicted octanol–water partition coefficient (Wildman–Crippen LogP) is 2.22. The number of amides is 1. The van der Waals surface area contributed by atoms with Crippen LogP contribution in [0.5, 0.6) is 0 Å². The number of piperidine rings is 1. The quantitative estimate of drug-likeness (QED) is 0.864. The number of hydrogen-bond donors (Lipinski definition) is 2. The van der Waals surface area contributed by atoms with Crippen LogP contribution in [0.2, 0.25) is 0 Å². The van der Waals surface area contributed by atoms with Crippen LogP contribution in [0.15, 0.2) is 29.2 Å². The van der Waals surface area contributed by atoms with Gasteiger partial charge in [-0.25, -0.2) is 13.1 Å². The number of carbonyl (C=O) groups is 1. The first kappa shape index (κ1) is 17.9. The van der Waals surface area contributed by atoms with Crippen molar-refractivity contribution < 1.29 is 13.2 Å². The Labute approximate surface area is 138 Å². The first-order chi connectivity index (χ1) is 10.6. The van der Waals surface area contributed by atoms with Gasteiger partial charge in [-0.1, -0.05) is 26.0 Å². The largest absolute Gasteiger partial charge is 0.350 e. The van der Waals surface area contributed by atoms with Crippen molar-refractivity contribution in [3.8, 4) is 0 Å². The molecule has 1 aliphatic heterocycles. The molecule has 1 atom stereocenters. The van der Waals surface area contributed by atoms with Gasteiger partial charge in [-0.05, 0) is 50.3 Å². The van der Waals surface area contributed by atoms with Crippen LogP contribution in [0, 0.1) is 5.92 Å². The van der Waals surface area contributed by atoms with Crippen molar-refractivity contribution in [3.63, 3.8) is 0 Å². The third-order valence-electron chi connectivity index (χ3n) is 4.17. The van der Waals surface area contributed by atoms with Crippen LogP contribution in [0.3, 0.4) is 0 Å². The first-order valence-corrected chi connectivity index (χ1v) is 9.51. The minimum absolute atomic E-state index is 0.0384. The number of benzene rings is 1. The Hall–Kier alpha value is -1.40. The van der Waals surface area contributed by atoms with E-state index in [-0.39, 0.29) is 16.8 Å². The van der Waals surface area contributed by atoms with Crippen LogP contribution in [-0.2, 0) is 21.2 Å². The Kier molecular flexibility index (Phi) is 5.16. The zero-order valence-corrected chi connectivity index (χ0v) is 15.0. The molecule has 0 aliphatic carbocycles. The van der Waals surface area contributed by atoms with Crippen LogP contribution in [0.4, 0.5) is 0 Å². The number of nitrogens with one attached hydrogen (secondary N) is 2. The highest BCUT2D eigenvalue weighted by Crippen LogP contribution is 2.22. The molecule has 0 radical (unpaired) electrons. The van der Waals surface area contributed by atoms with Crippen LogP contribution in [-0.4, -0.2) is 25.9 Å². The summed E-state index contributed by atoms with van der Waals surface area (Å²) in [6.45, 7) is 7.93. The van der Waals surface area contributed by atoms with Crippen molar-refractivity contribution in [2.75, 3.05) is 0 Å². The Bertz CT molecular complexity index is 664. The maximum absolute atomic E-state index is 12.6. The van der Waals surface area contributed by atoms with Gasteiger partial charge in [-0.2, -0.15) is 0 Å². The molecule has 0 spiro atoms.